The average molecular weight is 482 g/mol. The zero-order valence-corrected chi connectivity index (χ0v) is 21.4. The van der Waals surface area contributed by atoms with Gasteiger partial charge < -0.3 is 18.9 Å². The van der Waals surface area contributed by atoms with Crippen molar-refractivity contribution in [2.24, 2.45) is 5.41 Å². The summed E-state index contributed by atoms with van der Waals surface area (Å²) in [5.41, 5.74) is 0.463. The Hall–Kier alpha value is -2.70. The van der Waals surface area contributed by atoms with E-state index in [1.165, 1.54) is 0 Å². The molecule has 4 rings (SSSR count). The lowest BCUT2D eigenvalue weighted by atomic mass is 9.87. The molecule has 0 N–H and O–H groups in total. The molecule has 1 saturated heterocycles. The molecule has 0 saturated carbocycles. The largest absolute Gasteiger partial charge is 0.497 e. The highest BCUT2D eigenvalue weighted by Crippen LogP contribution is 2.36. The number of ketones is 1. The minimum absolute atomic E-state index is 0.0159. The van der Waals surface area contributed by atoms with Gasteiger partial charge in [0.2, 0.25) is 5.78 Å². The Kier molecular flexibility index (Phi) is 7.39. The van der Waals surface area contributed by atoms with Crippen molar-refractivity contribution >= 4 is 27.5 Å². The number of methoxy groups -OCH3 is 2. The lowest BCUT2D eigenvalue weighted by Crippen LogP contribution is -2.47. The van der Waals surface area contributed by atoms with E-state index >= 15 is 0 Å². The first kappa shape index (κ1) is 24.4. The number of Topliss-reactive ketones (excluding diaryl/α,β-unsaturated/α-hetero) is 1. The van der Waals surface area contributed by atoms with Gasteiger partial charge in [-0.3, -0.25) is 4.79 Å². The summed E-state index contributed by atoms with van der Waals surface area (Å²) in [4.78, 5) is 13.8. The van der Waals surface area contributed by atoms with Gasteiger partial charge >= 0.3 is 0 Å². The van der Waals surface area contributed by atoms with E-state index in [-0.39, 0.29) is 27.3 Å². The molecular weight excluding hydrogens is 448 g/mol. The number of rotatable bonds is 7. The van der Waals surface area contributed by atoms with Gasteiger partial charge in [0.1, 0.15) is 34.5 Å². The second-order valence-electron chi connectivity index (χ2n) is 9.51. The Morgan fingerprint density at radius 3 is 2.06 bits per heavy atom. The Morgan fingerprint density at radius 2 is 1.44 bits per heavy atom. The number of hydrogen-bond acceptors (Lipinski definition) is 5. The van der Waals surface area contributed by atoms with Crippen LogP contribution in [0.1, 0.15) is 31.1 Å². The molecule has 0 spiro atoms. The van der Waals surface area contributed by atoms with E-state index in [9.17, 15) is 4.79 Å². The predicted molar refractivity (Wildman–Crippen MR) is 139 cm³/mol. The summed E-state index contributed by atoms with van der Waals surface area (Å²) in [5, 5.41) is 2.06. The van der Waals surface area contributed by atoms with E-state index in [4.69, 9.17) is 18.9 Å². The fourth-order valence-corrected chi connectivity index (χ4v) is 7.19. The van der Waals surface area contributed by atoms with Gasteiger partial charge in [-0.05, 0) is 47.2 Å². The van der Waals surface area contributed by atoms with Crippen LogP contribution < -0.4 is 14.2 Å². The van der Waals surface area contributed by atoms with Crippen LogP contribution in [0.5, 0.6) is 23.0 Å². The van der Waals surface area contributed by atoms with Crippen molar-refractivity contribution in [2.45, 2.75) is 26.0 Å². The fourth-order valence-electron chi connectivity index (χ4n) is 4.42. The maximum Gasteiger partial charge on any atom is 0.219 e. The zero-order chi connectivity index (χ0) is 24.3. The van der Waals surface area contributed by atoms with E-state index in [0.29, 0.717) is 17.1 Å². The lowest BCUT2D eigenvalue weighted by molar-refractivity contribution is 0.0943. The van der Waals surface area contributed by atoms with Crippen LogP contribution in [-0.4, -0.2) is 50.0 Å². The fraction of sp³-hybridized carbons (Fsp3) is 0.393. The van der Waals surface area contributed by atoms with E-state index in [2.05, 4.69) is 20.8 Å². The van der Waals surface area contributed by atoms with Crippen molar-refractivity contribution in [1.82, 2.24) is 0 Å². The van der Waals surface area contributed by atoms with Gasteiger partial charge in [0.05, 0.1) is 33.0 Å². The van der Waals surface area contributed by atoms with Gasteiger partial charge in [-0.1, -0.05) is 32.9 Å². The summed E-state index contributed by atoms with van der Waals surface area (Å²) in [7, 11) is 3.24. The third-order valence-corrected chi connectivity index (χ3v) is 9.00. The van der Waals surface area contributed by atoms with Crippen LogP contribution in [0.15, 0.2) is 54.6 Å². The molecule has 0 bridgehead atoms. The molecule has 34 heavy (non-hydrogen) atoms. The molecule has 1 aliphatic heterocycles. The molecular formula is C28H33O5S+. The standard InChI is InChI=1S/C28H33O5S/c1-28(2,3)27(34-14-12-32-13-15-34)26(29)24-11-10-23(18-25(24)31-5)33-22-9-7-19-16-21(30-4)8-6-20(19)17-22/h6-11,16-18,27H,12-15H2,1-5H3/q+1. The first-order valence-electron chi connectivity index (χ1n) is 11.5. The van der Waals surface area contributed by atoms with Gasteiger partial charge in [0, 0.05) is 22.4 Å². The molecule has 180 valence electrons. The van der Waals surface area contributed by atoms with E-state index in [0.717, 1.165) is 47.0 Å². The Morgan fingerprint density at radius 1 is 0.853 bits per heavy atom. The summed E-state index contributed by atoms with van der Waals surface area (Å²) in [6.07, 6.45) is 0. The second kappa shape index (κ2) is 10.3. The molecule has 1 unspecified atom stereocenters. The van der Waals surface area contributed by atoms with E-state index < -0.39 is 0 Å². The molecule has 1 aliphatic rings. The molecule has 1 fully saturated rings. The maximum absolute atomic E-state index is 13.8. The molecule has 3 aromatic carbocycles. The Bertz CT molecular complexity index is 1160. The van der Waals surface area contributed by atoms with Crippen molar-refractivity contribution in [3.8, 4) is 23.0 Å². The molecule has 0 amide bonds. The van der Waals surface area contributed by atoms with Gasteiger partial charge in [-0.2, -0.15) is 0 Å². The third kappa shape index (κ3) is 5.34. The van der Waals surface area contributed by atoms with Crippen LogP contribution in [0.2, 0.25) is 0 Å². The van der Waals surface area contributed by atoms with Crippen molar-refractivity contribution in [1.29, 1.82) is 0 Å². The Balaban J connectivity index is 1.59. The first-order chi connectivity index (χ1) is 16.3. The second-order valence-corrected chi connectivity index (χ2v) is 11.9. The number of fused-ring (bicyclic) bond motifs is 1. The van der Waals surface area contributed by atoms with Crippen LogP contribution in [0, 0.1) is 5.41 Å². The quantitative estimate of drug-likeness (QED) is 0.311. The number of carbonyl (C=O) groups excluding carboxylic acids is 1. The number of ether oxygens (including phenoxy) is 4. The smallest absolute Gasteiger partial charge is 0.219 e. The van der Waals surface area contributed by atoms with Crippen LogP contribution in [0.4, 0.5) is 0 Å². The normalized spacial score (nSPS) is 15.7. The van der Waals surface area contributed by atoms with Gasteiger partial charge in [-0.25, -0.2) is 0 Å². The summed E-state index contributed by atoms with van der Waals surface area (Å²) >= 11 is 0. The van der Waals surface area contributed by atoms with E-state index in [1.807, 2.05) is 48.5 Å². The van der Waals surface area contributed by atoms with Gasteiger partial charge in [-0.15, -0.1) is 0 Å². The lowest BCUT2D eigenvalue weighted by Gasteiger charge is -2.31. The van der Waals surface area contributed by atoms with Crippen molar-refractivity contribution in [2.75, 3.05) is 38.9 Å². The topological polar surface area (TPSA) is 54.0 Å². The van der Waals surface area contributed by atoms with Crippen LogP contribution in [0.25, 0.3) is 10.8 Å². The SMILES string of the molecule is COc1ccc2cc(Oc3ccc(C(=O)C([S+]4CCOCC4)C(C)(C)C)c(OC)c3)ccc2c1. The number of hydrogen-bond donors (Lipinski definition) is 0. The molecule has 0 aliphatic carbocycles. The highest BCUT2D eigenvalue weighted by Gasteiger charge is 2.47. The molecule has 6 heteroatoms. The van der Waals surface area contributed by atoms with Gasteiger partial charge in [0.15, 0.2) is 5.25 Å². The molecule has 0 radical (unpaired) electrons. The summed E-state index contributed by atoms with van der Waals surface area (Å²) < 4.78 is 22.6. The summed E-state index contributed by atoms with van der Waals surface area (Å²) in [5.74, 6) is 4.72. The third-order valence-electron chi connectivity index (χ3n) is 6.03. The number of carbonyl (C=O) groups is 1. The Labute approximate surface area is 204 Å². The minimum Gasteiger partial charge on any atom is -0.497 e. The summed E-state index contributed by atoms with van der Waals surface area (Å²) in [6.45, 7) is 7.91. The monoisotopic (exact) mass is 481 g/mol. The van der Waals surface area contributed by atoms with Crippen molar-refractivity contribution in [3.05, 3.63) is 60.2 Å². The van der Waals surface area contributed by atoms with E-state index in [1.54, 1.807) is 20.3 Å². The van der Waals surface area contributed by atoms with Crippen LogP contribution >= 0.6 is 0 Å². The molecule has 5 nitrogen and oxygen atoms in total. The van der Waals surface area contributed by atoms with Crippen LogP contribution in [0.3, 0.4) is 0 Å². The van der Waals surface area contributed by atoms with Crippen molar-refractivity contribution in [3.63, 3.8) is 0 Å². The molecule has 0 aromatic heterocycles. The maximum atomic E-state index is 13.8. The summed E-state index contributed by atoms with van der Waals surface area (Å²) in [6, 6.07) is 17.3. The molecule has 3 aromatic rings. The highest BCUT2D eigenvalue weighted by atomic mass is 32.2. The number of benzene rings is 3. The minimum atomic E-state index is -0.147. The van der Waals surface area contributed by atoms with Gasteiger partial charge in [0.25, 0.3) is 0 Å². The molecule has 1 heterocycles. The van der Waals surface area contributed by atoms with Crippen LogP contribution in [-0.2, 0) is 15.6 Å². The zero-order valence-electron chi connectivity index (χ0n) is 20.6. The highest BCUT2D eigenvalue weighted by molar-refractivity contribution is 7.98. The average Bonchev–Trinajstić information content (AvgIpc) is 2.83. The predicted octanol–water partition coefficient (Wildman–Crippen LogP) is 5.90. The van der Waals surface area contributed by atoms with Crippen molar-refractivity contribution < 1.29 is 23.7 Å². The first-order valence-corrected chi connectivity index (χ1v) is 13.1. The molecule has 1 atom stereocenters.